The van der Waals surface area contributed by atoms with Crippen molar-refractivity contribution in [2.24, 2.45) is 7.05 Å². The number of hydrogen-bond acceptors (Lipinski definition) is 12. The van der Waals surface area contributed by atoms with Gasteiger partial charge in [-0.2, -0.15) is 31.4 Å². The van der Waals surface area contributed by atoms with Gasteiger partial charge in [-0.25, -0.2) is 9.97 Å². The monoisotopic (exact) mass is 1210 g/mol. The molecule has 14 nitrogen and oxygen atoms in total. The minimum absolute atomic E-state index is 0.228. The van der Waals surface area contributed by atoms with Crippen LogP contribution in [0.15, 0.2) is 113 Å². The quantitative estimate of drug-likeness (QED) is 0.0711. The summed E-state index contributed by atoms with van der Waals surface area (Å²) in [6, 6.07) is 18.3. The van der Waals surface area contributed by atoms with Gasteiger partial charge in [-0.05, 0) is 156 Å². The highest BCUT2D eigenvalue weighted by molar-refractivity contribution is 6.32. The average molecular weight is 1210 g/mol. The number of alkyl halides is 6. The smallest absolute Gasteiger partial charge is 0.426 e. The Morgan fingerprint density at radius 1 is 0.704 bits per heavy atom. The van der Waals surface area contributed by atoms with Crippen LogP contribution in [-0.2, 0) is 30.8 Å². The maximum atomic E-state index is 12.1. The third-order valence-corrected chi connectivity index (χ3v) is 10.5. The van der Waals surface area contributed by atoms with Gasteiger partial charge in [0.05, 0.1) is 12.3 Å². The Bertz CT molecular complexity index is 2820. The highest BCUT2D eigenvalue weighted by Crippen LogP contribution is 2.27. The van der Waals surface area contributed by atoms with Crippen LogP contribution >= 0.6 is 46.4 Å². The van der Waals surface area contributed by atoms with E-state index in [0.29, 0.717) is 45.6 Å². The molecule has 8 aromatic rings. The summed E-state index contributed by atoms with van der Waals surface area (Å²) in [5, 5.41) is 13.0. The number of pyridine rings is 5. The molecule has 1 saturated heterocycles. The van der Waals surface area contributed by atoms with Gasteiger partial charge in [0.25, 0.3) is 5.82 Å². The molecule has 442 valence electrons. The summed E-state index contributed by atoms with van der Waals surface area (Å²) < 4.78 is 87.1. The summed E-state index contributed by atoms with van der Waals surface area (Å²) in [7, 11) is 1.93. The molecule has 0 spiro atoms. The topological polar surface area (TPSA) is 161 Å². The predicted octanol–water partition coefficient (Wildman–Crippen LogP) is 17.6. The number of halogens is 10. The van der Waals surface area contributed by atoms with Gasteiger partial charge in [-0.15, -0.1) is 15.2 Å². The van der Waals surface area contributed by atoms with Crippen molar-refractivity contribution >= 4 is 52.2 Å². The fourth-order valence-corrected chi connectivity index (χ4v) is 5.93. The van der Waals surface area contributed by atoms with Gasteiger partial charge >= 0.3 is 11.6 Å². The molecule has 1 aliphatic rings. The Morgan fingerprint density at radius 3 is 1.57 bits per heavy atom. The lowest BCUT2D eigenvalue weighted by Gasteiger charge is -2.03. The minimum Gasteiger partial charge on any atom is -0.426 e. The highest BCUT2D eigenvalue weighted by Gasteiger charge is 2.31. The zero-order valence-corrected chi connectivity index (χ0v) is 50.8. The lowest BCUT2D eigenvalue weighted by atomic mass is 10.2. The molecule has 9 rings (SSSR count). The summed E-state index contributed by atoms with van der Waals surface area (Å²) in [5.74, 6) is 2.04. The first-order chi connectivity index (χ1) is 38.0. The van der Waals surface area contributed by atoms with Crippen molar-refractivity contribution in [2.75, 3.05) is 6.61 Å². The van der Waals surface area contributed by atoms with Crippen molar-refractivity contribution in [3.63, 3.8) is 0 Å². The van der Waals surface area contributed by atoms with Crippen LogP contribution in [0.5, 0.6) is 0 Å². The van der Waals surface area contributed by atoms with E-state index in [4.69, 9.17) is 50.5 Å². The molecule has 1 unspecified atom stereocenters. The van der Waals surface area contributed by atoms with E-state index in [1.165, 1.54) is 42.3 Å². The molecule has 0 bridgehead atoms. The second-order valence-corrected chi connectivity index (χ2v) is 18.9. The summed E-state index contributed by atoms with van der Waals surface area (Å²) >= 11 is 21.0. The number of aryl methyl sites for hydroxylation is 11. The number of nitrogens with zero attached hydrogens (tertiary/aromatic N) is 11. The second-order valence-electron chi connectivity index (χ2n) is 17.3. The number of hydrogen-bond donors (Lipinski definition) is 0. The van der Waals surface area contributed by atoms with Crippen molar-refractivity contribution in [1.29, 1.82) is 0 Å². The number of ether oxygens (including phenoxy) is 1. The van der Waals surface area contributed by atoms with E-state index in [-0.39, 0.29) is 6.42 Å². The summed E-state index contributed by atoms with van der Waals surface area (Å²) in [4.78, 5) is 21.6. The molecule has 1 fully saturated rings. The van der Waals surface area contributed by atoms with E-state index in [1.54, 1.807) is 71.3 Å². The molecule has 0 radical (unpaired) electrons. The molecule has 1 aliphatic heterocycles. The highest BCUT2D eigenvalue weighted by atomic mass is 35.5. The van der Waals surface area contributed by atoms with Gasteiger partial charge in [0.15, 0.2) is 5.15 Å². The Hall–Kier alpha value is -6.50. The van der Waals surface area contributed by atoms with E-state index < -0.39 is 23.2 Å². The molecule has 0 N–H and O–H groups in total. The lowest BCUT2D eigenvalue weighted by Crippen LogP contribution is -2.07. The van der Waals surface area contributed by atoms with Crippen LogP contribution in [0.4, 0.5) is 32.2 Å². The predicted molar refractivity (Wildman–Crippen MR) is 308 cm³/mol. The Kier molecular flexibility index (Phi) is 38.2. The van der Waals surface area contributed by atoms with Crippen molar-refractivity contribution in [3.05, 3.63) is 199 Å². The molecule has 81 heavy (non-hydrogen) atoms. The van der Waals surface area contributed by atoms with Gasteiger partial charge in [0.2, 0.25) is 17.7 Å². The SMILES string of the molecule is CC1CCCO1.CCCC(F)(F)Cl.CCc1ccc(F)nc1.CCc1cnn(C)c1.Cc1cc(Cl)no1.Cc1ccc(C(F)(F)F)nc1.Cc1ccc(C)nc1.Cc1ccc(Cl)nc1Cl.Cc1nnc(C)o1.[C-]#[N+]c1ccc(C)cn1. The zero-order valence-electron chi connectivity index (χ0n) is 47.8. The molecule has 24 heteroatoms. The third-order valence-electron chi connectivity index (χ3n) is 9.55. The normalized spacial score (nSPS) is 11.8. The number of aromatic nitrogens is 10. The first-order valence-electron chi connectivity index (χ1n) is 25.1. The summed E-state index contributed by atoms with van der Waals surface area (Å²) in [5.41, 5.74) is 6.57. The first kappa shape index (κ1) is 74.5. The van der Waals surface area contributed by atoms with E-state index in [1.807, 2.05) is 83.1 Å². The molecule has 0 saturated carbocycles. The second kappa shape index (κ2) is 41.5. The Labute approximate surface area is 491 Å². The Balaban J connectivity index is 0.000000881. The van der Waals surface area contributed by atoms with Gasteiger partial charge in [-0.3, -0.25) is 14.6 Å². The van der Waals surface area contributed by atoms with Crippen molar-refractivity contribution < 1.29 is 40.0 Å². The first-order valence-corrected chi connectivity index (χ1v) is 26.6. The standard InChI is InChI=1S/C7H6F3N.C7H8FN.C7H6N2.C7H9N.C6H5Cl2N.C6H10N2.C5H10O.C4H7ClF2.C4H4ClNO.C4H6N2O/c1-5-2-3-6(11-4-5)7(8,9)10;1-2-6-3-4-7(8)9-5-6;1-6-3-4-7(8-2)9-5-6;1-6-3-4-7(2)8-5-6;1-4-2-3-5(7)9-6(4)8;1-3-6-4-7-8(2)5-6;1-5-3-2-4-6-5;1-2-3-4(5,6)7;1-3-2-4(5)6-7-3;1-3-5-6-4(2)7-3/h2-4H,1H3;3-5H,2H2,1H3;3-5H,1H3;3-5H,1-2H3;2-3H,1H3;4-5H,3H2,1-2H3;5H,2-4H2,1H3;2-3H2,1H3;2H,1H3;1-2H3. The molecular formula is C57H71Cl4F6N11O3. The molecule has 1 atom stereocenters. The van der Waals surface area contributed by atoms with Gasteiger partial charge in [0.1, 0.15) is 28.0 Å². The van der Waals surface area contributed by atoms with Crippen LogP contribution in [0.25, 0.3) is 4.85 Å². The number of rotatable bonds is 4. The molecule has 9 heterocycles. The molecule has 8 aromatic heterocycles. The van der Waals surface area contributed by atoms with Crippen LogP contribution in [0.1, 0.15) is 116 Å². The van der Waals surface area contributed by atoms with Gasteiger partial charge < -0.3 is 18.5 Å². The van der Waals surface area contributed by atoms with Gasteiger partial charge in [0, 0.05) is 70.5 Å². The third kappa shape index (κ3) is 40.4. The van der Waals surface area contributed by atoms with Crippen molar-refractivity contribution in [2.45, 2.75) is 139 Å². The van der Waals surface area contributed by atoms with Crippen LogP contribution < -0.4 is 0 Å². The molecule has 0 aromatic carbocycles. The van der Waals surface area contributed by atoms with Crippen LogP contribution in [-0.4, -0.2) is 68.1 Å². The van der Waals surface area contributed by atoms with E-state index >= 15 is 0 Å². The largest absolute Gasteiger partial charge is 0.433 e. The maximum Gasteiger partial charge on any atom is 0.433 e. The molecular weight excluding hydrogens is 1140 g/mol. The average Bonchev–Trinajstić information content (AvgIpc) is 4.25. The van der Waals surface area contributed by atoms with E-state index in [0.717, 1.165) is 59.2 Å². The molecule has 0 aliphatic carbocycles. The van der Waals surface area contributed by atoms with Crippen LogP contribution in [0.2, 0.25) is 15.5 Å². The van der Waals surface area contributed by atoms with Gasteiger partial charge in [-0.1, -0.05) is 97.6 Å². The van der Waals surface area contributed by atoms with Crippen molar-refractivity contribution in [1.82, 2.24) is 50.1 Å². The fourth-order valence-electron chi connectivity index (χ4n) is 5.21. The summed E-state index contributed by atoms with van der Waals surface area (Å²) in [6.07, 6.45) is 11.2. The van der Waals surface area contributed by atoms with Crippen LogP contribution in [0.3, 0.4) is 0 Å². The minimum atomic E-state index is -4.33. The molecule has 0 amide bonds. The van der Waals surface area contributed by atoms with Crippen LogP contribution in [0, 0.1) is 67.9 Å². The Morgan fingerprint density at radius 2 is 1.30 bits per heavy atom. The fraction of sp³-hybridized carbons (Fsp3) is 0.404. The summed E-state index contributed by atoms with van der Waals surface area (Å²) in [6.45, 7) is 30.3. The lowest BCUT2D eigenvalue weighted by molar-refractivity contribution is -0.141. The van der Waals surface area contributed by atoms with E-state index in [9.17, 15) is 26.3 Å². The van der Waals surface area contributed by atoms with E-state index in [2.05, 4.69) is 86.3 Å². The van der Waals surface area contributed by atoms with Crippen molar-refractivity contribution in [3.8, 4) is 0 Å². The zero-order chi connectivity index (χ0) is 61.6. The maximum absolute atomic E-state index is 12.1.